The van der Waals surface area contributed by atoms with Crippen LogP contribution in [0.5, 0.6) is 0 Å². The first-order chi connectivity index (χ1) is 13.9. The summed E-state index contributed by atoms with van der Waals surface area (Å²) < 4.78 is 46.9. The molecule has 0 rings (SSSR count). The Hall–Kier alpha value is -0.960. The fourth-order valence-corrected chi connectivity index (χ4v) is 1.72. The van der Waals surface area contributed by atoms with Crippen LogP contribution in [0, 0.1) is 12.5 Å². The fraction of sp³-hybridized carbons (Fsp3) is 0.895. The third-order valence-electron chi connectivity index (χ3n) is 3.08. The molecule has 0 aliphatic carbocycles. The Morgan fingerprint density at radius 3 is 0.929 bits per heavy atom. The lowest BCUT2D eigenvalue weighted by atomic mass is 10.6. The second kappa shape index (κ2) is 26.0. The molecule has 0 amide bonds. The van der Waals surface area contributed by atoms with E-state index in [1.807, 2.05) is 0 Å². The summed E-state index contributed by atoms with van der Waals surface area (Å²) in [5, 5.41) is 0. The van der Waals surface area contributed by atoms with Gasteiger partial charge in [0.05, 0.1) is 99.1 Å². The summed E-state index contributed by atoms with van der Waals surface area (Å²) in [7, 11) is 1.64. The topological polar surface area (TPSA) is 83.1 Å². The van der Waals surface area contributed by atoms with E-state index in [1.165, 1.54) is 0 Å². The third kappa shape index (κ3) is 25.0. The highest BCUT2D eigenvalue weighted by Crippen LogP contribution is 1.85. The Labute approximate surface area is 168 Å². The SMILES string of the molecule is C#COCCOCCOCCOCCOCCOCCOCCOCCOC. The Bertz CT molecular complexity index is 323. The second-order valence-electron chi connectivity index (χ2n) is 5.25. The molecule has 28 heavy (non-hydrogen) atoms. The number of ether oxygens (including phenoxy) is 9. The van der Waals surface area contributed by atoms with Crippen molar-refractivity contribution in [1.29, 1.82) is 0 Å². The van der Waals surface area contributed by atoms with Gasteiger partial charge in [0.2, 0.25) is 0 Å². The van der Waals surface area contributed by atoms with Crippen molar-refractivity contribution in [3.8, 4) is 12.5 Å². The molecule has 0 aromatic heterocycles. The normalized spacial score (nSPS) is 10.9. The molecule has 0 spiro atoms. The highest BCUT2D eigenvalue weighted by atomic mass is 16.6. The average molecular weight is 408 g/mol. The van der Waals surface area contributed by atoms with Gasteiger partial charge >= 0.3 is 0 Å². The summed E-state index contributed by atoms with van der Waals surface area (Å²) in [4.78, 5) is 0. The van der Waals surface area contributed by atoms with E-state index >= 15 is 0 Å². The molecule has 166 valence electrons. The van der Waals surface area contributed by atoms with Crippen molar-refractivity contribution in [2.75, 3.05) is 113 Å². The summed E-state index contributed by atoms with van der Waals surface area (Å²) >= 11 is 0. The number of hydrogen-bond acceptors (Lipinski definition) is 9. The molecule has 0 N–H and O–H groups in total. The molecule has 0 unspecified atom stereocenters. The third-order valence-corrected chi connectivity index (χ3v) is 3.08. The Kier molecular flexibility index (Phi) is 25.1. The van der Waals surface area contributed by atoms with Crippen molar-refractivity contribution < 1.29 is 42.6 Å². The molecular formula is C19H36O9. The van der Waals surface area contributed by atoms with E-state index < -0.39 is 0 Å². The number of rotatable bonds is 24. The number of methoxy groups -OCH3 is 1. The van der Waals surface area contributed by atoms with E-state index in [0.717, 1.165) is 0 Å². The van der Waals surface area contributed by atoms with Gasteiger partial charge in [0.25, 0.3) is 0 Å². The lowest BCUT2D eigenvalue weighted by Crippen LogP contribution is -2.15. The van der Waals surface area contributed by atoms with Crippen LogP contribution in [0.15, 0.2) is 0 Å². The van der Waals surface area contributed by atoms with Gasteiger partial charge in [-0.2, -0.15) is 0 Å². The minimum atomic E-state index is 0.392. The first kappa shape index (κ1) is 27.0. The van der Waals surface area contributed by atoms with Gasteiger partial charge in [0, 0.05) is 7.11 Å². The van der Waals surface area contributed by atoms with Gasteiger partial charge in [0.1, 0.15) is 12.7 Å². The molecule has 0 aliphatic heterocycles. The first-order valence-electron chi connectivity index (χ1n) is 9.52. The predicted molar refractivity (Wildman–Crippen MR) is 102 cm³/mol. The molecule has 0 saturated heterocycles. The van der Waals surface area contributed by atoms with Crippen molar-refractivity contribution in [2.24, 2.45) is 0 Å². The van der Waals surface area contributed by atoms with Crippen molar-refractivity contribution >= 4 is 0 Å². The largest absolute Gasteiger partial charge is 0.444 e. The molecule has 0 aliphatic rings. The van der Waals surface area contributed by atoms with E-state index in [4.69, 9.17) is 44.3 Å². The molecule has 0 aromatic rings. The number of terminal acetylenes is 1. The standard InChI is InChI=1S/C19H36O9/c1-3-21-6-7-23-10-11-25-14-15-27-18-19-28-17-16-26-13-12-24-9-8-22-5-4-20-2/h1H,4-19H2,2H3. The van der Waals surface area contributed by atoms with Crippen LogP contribution in [0.2, 0.25) is 0 Å². The Morgan fingerprint density at radius 2 is 0.679 bits per heavy atom. The van der Waals surface area contributed by atoms with E-state index in [9.17, 15) is 0 Å². The van der Waals surface area contributed by atoms with E-state index in [0.29, 0.717) is 106 Å². The summed E-state index contributed by atoms with van der Waals surface area (Å²) in [6.45, 7) is 8.40. The number of hydrogen-bond donors (Lipinski definition) is 0. The predicted octanol–water partition coefficient (Wildman–Crippen LogP) is 0.356. The van der Waals surface area contributed by atoms with Crippen molar-refractivity contribution in [1.82, 2.24) is 0 Å². The minimum absolute atomic E-state index is 0.392. The smallest absolute Gasteiger partial charge is 0.123 e. The van der Waals surface area contributed by atoms with Gasteiger partial charge in [-0.1, -0.05) is 6.42 Å². The highest BCUT2D eigenvalue weighted by Gasteiger charge is 1.94. The lowest BCUT2D eigenvalue weighted by Gasteiger charge is -2.08. The molecule has 0 heterocycles. The van der Waals surface area contributed by atoms with E-state index in [1.54, 1.807) is 7.11 Å². The molecule has 0 aromatic carbocycles. The highest BCUT2D eigenvalue weighted by molar-refractivity contribution is 4.67. The zero-order chi connectivity index (χ0) is 20.4. The van der Waals surface area contributed by atoms with Crippen molar-refractivity contribution in [2.45, 2.75) is 0 Å². The maximum Gasteiger partial charge on any atom is 0.123 e. The zero-order valence-electron chi connectivity index (χ0n) is 17.1. The summed E-state index contributed by atoms with van der Waals surface area (Å²) in [6.07, 6.45) is 7.01. The van der Waals surface area contributed by atoms with Crippen LogP contribution in [0.25, 0.3) is 0 Å². The van der Waals surface area contributed by atoms with Gasteiger partial charge in [-0.05, 0) is 0 Å². The van der Waals surface area contributed by atoms with Crippen LogP contribution in [-0.4, -0.2) is 113 Å². The second-order valence-corrected chi connectivity index (χ2v) is 5.25. The summed E-state index contributed by atoms with van der Waals surface area (Å²) in [5.74, 6) is 0. The van der Waals surface area contributed by atoms with Gasteiger partial charge < -0.3 is 42.6 Å². The maximum atomic E-state index is 5.40. The zero-order valence-corrected chi connectivity index (χ0v) is 17.1. The quantitative estimate of drug-likeness (QED) is 0.166. The molecule has 0 fully saturated rings. The molecule has 9 heteroatoms. The molecular weight excluding hydrogens is 372 g/mol. The molecule has 0 bridgehead atoms. The Balaban J connectivity index is 2.97. The van der Waals surface area contributed by atoms with Crippen LogP contribution in [0.4, 0.5) is 0 Å². The summed E-state index contributed by atoms with van der Waals surface area (Å²) in [5.41, 5.74) is 0. The minimum Gasteiger partial charge on any atom is -0.444 e. The van der Waals surface area contributed by atoms with Crippen LogP contribution < -0.4 is 0 Å². The molecule has 0 atom stereocenters. The van der Waals surface area contributed by atoms with Crippen molar-refractivity contribution in [3.63, 3.8) is 0 Å². The van der Waals surface area contributed by atoms with Crippen LogP contribution in [-0.2, 0) is 42.6 Å². The molecule has 9 nitrogen and oxygen atoms in total. The maximum absolute atomic E-state index is 5.40. The van der Waals surface area contributed by atoms with Gasteiger partial charge in [0.15, 0.2) is 0 Å². The van der Waals surface area contributed by atoms with Gasteiger partial charge in [-0.3, -0.25) is 0 Å². The Morgan fingerprint density at radius 1 is 0.429 bits per heavy atom. The first-order valence-corrected chi connectivity index (χ1v) is 9.52. The van der Waals surface area contributed by atoms with Gasteiger partial charge in [-0.15, -0.1) is 0 Å². The molecule has 0 radical (unpaired) electrons. The van der Waals surface area contributed by atoms with Gasteiger partial charge in [-0.25, -0.2) is 0 Å². The van der Waals surface area contributed by atoms with Crippen molar-refractivity contribution in [3.05, 3.63) is 0 Å². The lowest BCUT2D eigenvalue weighted by molar-refractivity contribution is -0.0229. The van der Waals surface area contributed by atoms with Crippen LogP contribution in [0.1, 0.15) is 0 Å². The average Bonchev–Trinajstić information content (AvgIpc) is 2.71. The van der Waals surface area contributed by atoms with E-state index in [-0.39, 0.29) is 0 Å². The monoisotopic (exact) mass is 408 g/mol. The van der Waals surface area contributed by atoms with Crippen LogP contribution in [0.3, 0.4) is 0 Å². The van der Waals surface area contributed by atoms with E-state index in [2.05, 4.69) is 10.8 Å². The summed E-state index contributed by atoms with van der Waals surface area (Å²) in [6, 6.07) is 0. The fourth-order valence-electron chi connectivity index (χ4n) is 1.72. The molecule has 0 saturated carbocycles. The van der Waals surface area contributed by atoms with Crippen LogP contribution >= 0.6 is 0 Å².